The Morgan fingerprint density at radius 1 is 0.912 bits per heavy atom. The van der Waals surface area contributed by atoms with Crippen LogP contribution in [-0.4, -0.2) is 50.8 Å². The van der Waals surface area contributed by atoms with Gasteiger partial charge in [0.2, 0.25) is 15.9 Å². The van der Waals surface area contributed by atoms with Crippen LogP contribution < -0.4 is 10.6 Å². The largest absolute Gasteiger partial charge is 0.379 e. The predicted molar refractivity (Wildman–Crippen MR) is 132 cm³/mol. The quantitative estimate of drug-likeness (QED) is 0.493. The molecule has 0 aliphatic carbocycles. The van der Waals surface area contributed by atoms with Crippen molar-refractivity contribution in [3.63, 3.8) is 0 Å². The number of hydrogen-bond donors (Lipinski definition) is 2. The predicted octanol–water partition coefficient (Wildman–Crippen LogP) is 3.59. The molecule has 1 aliphatic rings. The molecule has 1 aliphatic heterocycles. The van der Waals surface area contributed by atoms with Crippen molar-refractivity contribution < 1.29 is 22.7 Å². The van der Waals surface area contributed by atoms with Crippen molar-refractivity contribution in [1.29, 1.82) is 0 Å². The fourth-order valence-electron chi connectivity index (χ4n) is 3.48. The molecule has 1 aromatic heterocycles. The number of morpholine rings is 1. The van der Waals surface area contributed by atoms with Gasteiger partial charge in [0.25, 0.3) is 5.91 Å². The average molecular weight is 500 g/mol. The summed E-state index contributed by atoms with van der Waals surface area (Å²) >= 11 is 1.37. The Morgan fingerprint density at radius 2 is 1.56 bits per heavy atom. The number of rotatable bonds is 8. The van der Waals surface area contributed by atoms with E-state index in [9.17, 15) is 18.0 Å². The highest BCUT2D eigenvalue weighted by Crippen LogP contribution is 2.19. The number of carbonyl (C=O) groups excluding carboxylic acids is 2. The molecule has 8 nitrogen and oxygen atoms in total. The molecule has 34 heavy (non-hydrogen) atoms. The van der Waals surface area contributed by atoms with Gasteiger partial charge < -0.3 is 15.4 Å². The first-order chi connectivity index (χ1) is 16.4. The minimum Gasteiger partial charge on any atom is -0.379 e. The van der Waals surface area contributed by atoms with Crippen LogP contribution in [0.15, 0.2) is 70.9 Å². The monoisotopic (exact) mass is 499 g/mol. The van der Waals surface area contributed by atoms with Crippen LogP contribution in [0.3, 0.4) is 0 Å². The topological polar surface area (TPSA) is 105 Å². The van der Waals surface area contributed by atoms with E-state index in [1.807, 2.05) is 11.4 Å². The normalized spacial score (nSPS) is 14.5. The molecule has 3 aromatic rings. The molecule has 0 spiro atoms. The molecule has 1 saturated heterocycles. The molecule has 2 N–H and O–H groups in total. The van der Waals surface area contributed by atoms with E-state index in [0.29, 0.717) is 49.0 Å². The Morgan fingerprint density at radius 3 is 2.18 bits per heavy atom. The van der Waals surface area contributed by atoms with Crippen molar-refractivity contribution in [1.82, 2.24) is 4.31 Å². The molecular formula is C24H25N3O5S2. The fourth-order valence-corrected chi connectivity index (χ4v) is 5.51. The maximum Gasteiger partial charge on any atom is 0.265 e. The number of ether oxygens (including phenoxy) is 1. The number of nitrogens with zero attached hydrogens (tertiary/aromatic N) is 1. The van der Waals surface area contributed by atoms with E-state index >= 15 is 0 Å². The molecule has 2 amide bonds. The Bertz CT molecular complexity index is 1220. The van der Waals surface area contributed by atoms with E-state index < -0.39 is 10.0 Å². The van der Waals surface area contributed by atoms with Crippen LogP contribution in [-0.2, 0) is 26.0 Å². The van der Waals surface area contributed by atoms with Gasteiger partial charge in [-0.05, 0) is 59.8 Å². The zero-order valence-electron chi connectivity index (χ0n) is 18.4. The van der Waals surface area contributed by atoms with E-state index in [0.717, 1.165) is 5.56 Å². The first kappa shape index (κ1) is 24.1. The van der Waals surface area contributed by atoms with Crippen molar-refractivity contribution in [3.05, 3.63) is 76.5 Å². The molecule has 178 valence electrons. The summed E-state index contributed by atoms with van der Waals surface area (Å²) in [6, 6.07) is 17.1. The maximum atomic E-state index is 12.7. The van der Waals surface area contributed by atoms with E-state index in [1.165, 1.54) is 15.6 Å². The third kappa shape index (κ3) is 6.09. The number of sulfonamides is 1. The van der Waals surface area contributed by atoms with Gasteiger partial charge in [-0.2, -0.15) is 4.31 Å². The second-order valence-corrected chi connectivity index (χ2v) is 10.6. The van der Waals surface area contributed by atoms with Gasteiger partial charge in [-0.25, -0.2) is 8.42 Å². The molecule has 0 radical (unpaired) electrons. The van der Waals surface area contributed by atoms with Crippen molar-refractivity contribution in [2.75, 3.05) is 36.9 Å². The van der Waals surface area contributed by atoms with Crippen molar-refractivity contribution in [3.8, 4) is 0 Å². The number of carbonyl (C=O) groups is 2. The Balaban J connectivity index is 1.26. The molecule has 2 heterocycles. The highest BCUT2D eigenvalue weighted by Gasteiger charge is 2.26. The summed E-state index contributed by atoms with van der Waals surface area (Å²) in [6.07, 6.45) is 0.741. The van der Waals surface area contributed by atoms with Crippen LogP contribution in [0.2, 0.25) is 0 Å². The Hall–Kier alpha value is -3.05. The van der Waals surface area contributed by atoms with Gasteiger partial charge in [0.1, 0.15) is 0 Å². The molecule has 2 aromatic carbocycles. The number of aryl methyl sites for hydroxylation is 1. The highest BCUT2D eigenvalue weighted by atomic mass is 32.2. The lowest BCUT2D eigenvalue weighted by molar-refractivity contribution is -0.116. The van der Waals surface area contributed by atoms with Gasteiger partial charge in [0, 0.05) is 30.9 Å². The summed E-state index contributed by atoms with van der Waals surface area (Å²) in [4.78, 5) is 25.3. The van der Waals surface area contributed by atoms with E-state index in [4.69, 9.17) is 4.74 Å². The number of hydrogen-bond acceptors (Lipinski definition) is 6. The minimum atomic E-state index is -3.53. The van der Waals surface area contributed by atoms with Crippen molar-refractivity contribution in [2.45, 2.75) is 17.7 Å². The molecule has 0 atom stereocenters. The second kappa shape index (κ2) is 10.9. The lowest BCUT2D eigenvalue weighted by Crippen LogP contribution is -2.40. The van der Waals surface area contributed by atoms with Gasteiger partial charge >= 0.3 is 0 Å². The van der Waals surface area contributed by atoms with E-state index in [1.54, 1.807) is 54.6 Å². The zero-order valence-corrected chi connectivity index (χ0v) is 20.0. The van der Waals surface area contributed by atoms with Crippen molar-refractivity contribution >= 4 is 44.5 Å². The SMILES string of the molecule is O=C(CCc1ccc(S(=O)(=O)N2CCOCC2)cc1)Nc1ccc(NC(=O)c2cccs2)cc1. The zero-order chi connectivity index (χ0) is 24.0. The number of amides is 2. The molecular weight excluding hydrogens is 474 g/mol. The number of benzene rings is 2. The maximum absolute atomic E-state index is 12.7. The van der Waals surface area contributed by atoms with Crippen LogP contribution in [0.5, 0.6) is 0 Å². The van der Waals surface area contributed by atoms with Gasteiger partial charge in [-0.3, -0.25) is 9.59 Å². The van der Waals surface area contributed by atoms with Gasteiger partial charge in [-0.15, -0.1) is 11.3 Å². The summed E-state index contributed by atoms with van der Waals surface area (Å²) < 4.78 is 32.0. The molecule has 0 bridgehead atoms. The van der Waals surface area contributed by atoms with Crippen LogP contribution in [0.25, 0.3) is 0 Å². The molecule has 0 unspecified atom stereocenters. The van der Waals surface area contributed by atoms with Gasteiger partial charge in [0.05, 0.1) is 23.0 Å². The number of thiophene rings is 1. The van der Waals surface area contributed by atoms with Crippen LogP contribution in [0.4, 0.5) is 11.4 Å². The summed E-state index contributed by atoms with van der Waals surface area (Å²) in [5, 5.41) is 7.49. The van der Waals surface area contributed by atoms with E-state index in [-0.39, 0.29) is 23.1 Å². The molecule has 10 heteroatoms. The minimum absolute atomic E-state index is 0.152. The smallest absolute Gasteiger partial charge is 0.265 e. The molecule has 0 saturated carbocycles. The average Bonchev–Trinajstić information content (AvgIpc) is 3.40. The van der Waals surface area contributed by atoms with Crippen LogP contribution >= 0.6 is 11.3 Å². The Labute approximate surface area is 202 Å². The summed E-state index contributed by atoms with van der Waals surface area (Å²) in [7, 11) is -3.53. The number of anilines is 2. The molecule has 1 fully saturated rings. The van der Waals surface area contributed by atoms with Gasteiger partial charge in [-0.1, -0.05) is 18.2 Å². The van der Waals surface area contributed by atoms with Gasteiger partial charge in [0.15, 0.2) is 0 Å². The lowest BCUT2D eigenvalue weighted by Gasteiger charge is -2.26. The highest BCUT2D eigenvalue weighted by molar-refractivity contribution is 7.89. The van der Waals surface area contributed by atoms with Crippen LogP contribution in [0, 0.1) is 0 Å². The standard InChI is InChI=1S/C24H25N3O5S2/c28-23(25-19-6-8-20(9-7-19)26-24(29)22-2-1-17-33-22)12-5-18-3-10-21(11-4-18)34(30,31)27-13-15-32-16-14-27/h1-4,6-11,17H,5,12-16H2,(H,25,28)(H,26,29). The first-order valence-corrected chi connectivity index (χ1v) is 13.2. The molecule has 4 rings (SSSR count). The summed E-state index contributed by atoms with van der Waals surface area (Å²) in [5.41, 5.74) is 2.15. The summed E-state index contributed by atoms with van der Waals surface area (Å²) in [5.74, 6) is -0.323. The first-order valence-electron chi connectivity index (χ1n) is 10.8. The Kier molecular flexibility index (Phi) is 7.73. The third-order valence-electron chi connectivity index (χ3n) is 5.34. The van der Waals surface area contributed by atoms with Crippen LogP contribution in [0.1, 0.15) is 21.7 Å². The lowest BCUT2D eigenvalue weighted by atomic mass is 10.1. The second-order valence-electron chi connectivity index (χ2n) is 7.72. The number of nitrogens with one attached hydrogen (secondary N) is 2. The van der Waals surface area contributed by atoms with E-state index in [2.05, 4.69) is 10.6 Å². The van der Waals surface area contributed by atoms with Crippen molar-refractivity contribution in [2.24, 2.45) is 0 Å². The summed E-state index contributed by atoms with van der Waals surface area (Å²) in [6.45, 7) is 1.51. The fraction of sp³-hybridized carbons (Fsp3) is 0.250. The third-order valence-corrected chi connectivity index (χ3v) is 8.12.